The second-order valence-corrected chi connectivity index (χ2v) is 8.22. The molecule has 0 aromatic heterocycles. The van der Waals surface area contributed by atoms with Crippen molar-refractivity contribution in [2.24, 2.45) is 0 Å². The van der Waals surface area contributed by atoms with Crippen molar-refractivity contribution in [3.63, 3.8) is 0 Å². The van der Waals surface area contributed by atoms with Crippen molar-refractivity contribution in [2.75, 3.05) is 13.1 Å². The van der Waals surface area contributed by atoms with Crippen molar-refractivity contribution >= 4 is 39.1 Å². The minimum absolute atomic E-state index is 0.0473. The van der Waals surface area contributed by atoms with E-state index < -0.39 is 10.0 Å². The molecule has 0 radical (unpaired) electrons. The first kappa shape index (κ1) is 19.2. The van der Waals surface area contributed by atoms with E-state index in [2.05, 4.69) is 11.3 Å². The lowest BCUT2D eigenvalue weighted by Crippen LogP contribution is -2.46. The van der Waals surface area contributed by atoms with Crippen LogP contribution in [-0.2, 0) is 21.2 Å². The Morgan fingerprint density at radius 2 is 2.00 bits per heavy atom. The number of rotatable bonds is 6. The molecular weight excluding hydrogens is 371 g/mol. The molecule has 0 atom stereocenters. The summed E-state index contributed by atoms with van der Waals surface area (Å²) in [5, 5.41) is 2.03. The Morgan fingerprint density at radius 1 is 1.33 bits per heavy atom. The second-order valence-electron chi connectivity index (χ2n) is 5.72. The summed E-state index contributed by atoms with van der Waals surface area (Å²) in [5.74, 6) is 0.0473. The number of amides is 1. The average Bonchev–Trinajstić information content (AvgIpc) is 2.54. The van der Waals surface area contributed by atoms with Crippen molar-refractivity contribution in [1.82, 2.24) is 9.62 Å². The Kier molecular flexibility index (Phi) is 6.69. The van der Waals surface area contributed by atoms with Gasteiger partial charge in [0.2, 0.25) is 15.9 Å². The molecule has 24 heavy (non-hydrogen) atoms. The molecule has 0 saturated carbocycles. The quantitative estimate of drug-likeness (QED) is 0.811. The molecule has 1 fully saturated rings. The maximum atomic E-state index is 12.3. The lowest BCUT2D eigenvalue weighted by molar-refractivity contribution is -0.132. The molecule has 0 spiro atoms. The topological polar surface area (TPSA) is 66.5 Å². The first-order valence-electron chi connectivity index (χ1n) is 7.67. The highest BCUT2D eigenvalue weighted by Crippen LogP contribution is 2.22. The minimum atomic E-state index is -3.43. The smallest absolute Gasteiger partial charge is 0.233 e. The van der Waals surface area contributed by atoms with Crippen LogP contribution in [0.1, 0.15) is 24.8 Å². The number of sulfonamides is 1. The van der Waals surface area contributed by atoms with Gasteiger partial charge in [0.25, 0.3) is 0 Å². The molecular formula is C16H20Cl2N2O3S. The summed E-state index contributed by atoms with van der Waals surface area (Å²) in [7, 11) is -3.43. The van der Waals surface area contributed by atoms with Crippen LogP contribution in [0.5, 0.6) is 0 Å². The van der Waals surface area contributed by atoms with Crippen LogP contribution < -0.4 is 4.72 Å². The molecule has 5 nitrogen and oxygen atoms in total. The van der Waals surface area contributed by atoms with E-state index in [0.717, 1.165) is 11.0 Å². The number of piperidine rings is 1. The highest BCUT2D eigenvalue weighted by molar-refractivity contribution is 7.92. The molecule has 0 bridgehead atoms. The van der Waals surface area contributed by atoms with Crippen LogP contribution in [0, 0.1) is 0 Å². The third-order valence-electron chi connectivity index (χ3n) is 4.02. The molecule has 132 valence electrons. The highest BCUT2D eigenvalue weighted by Gasteiger charge is 2.24. The van der Waals surface area contributed by atoms with Gasteiger partial charge in [-0.2, -0.15) is 0 Å². The predicted molar refractivity (Wildman–Crippen MR) is 96.6 cm³/mol. The zero-order valence-electron chi connectivity index (χ0n) is 13.2. The zero-order chi connectivity index (χ0) is 17.7. The fraction of sp³-hybridized carbons (Fsp3) is 0.438. The number of hydrogen-bond acceptors (Lipinski definition) is 3. The number of carbonyl (C=O) groups is 1. The van der Waals surface area contributed by atoms with Crippen molar-refractivity contribution in [3.05, 3.63) is 45.8 Å². The van der Waals surface area contributed by atoms with Crippen LogP contribution >= 0.6 is 23.2 Å². The highest BCUT2D eigenvalue weighted by atomic mass is 35.5. The molecule has 1 aromatic rings. The fourth-order valence-electron chi connectivity index (χ4n) is 2.65. The molecule has 0 unspecified atom stereocenters. The number of nitrogens with zero attached hydrogens (tertiary/aromatic N) is 1. The second kappa shape index (κ2) is 8.34. The van der Waals surface area contributed by atoms with Gasteiger partial charge in [0.05, 0.1) is 0 Å². The van der Waals surface area contributed by atoms with Gasteiger partial charge in [0.15, 0.2) is 0 Å². The van der Waals surface area contributed by atoms with Crippen molar-refractivity contribution < 1.29 is 13.2 Å². The van der Waals surface area contributed by atoms with Gasteiger partial charge >= 0.3 is 0 Å². The van der Waals surface area contributed by atoms with Gasteiger partial charge in [-0.15, -0.1) is 0 Å². The summed E-state index contributed by atoms with van der Waals surface area (Å²) in [5.41, 5.74) is 0.892. The standard InChI is InChI=1S/C16H20Cl2N2O3S/c1-2-24(22,23)19-14-7-9-20(10-8-14)16(21)6-4-12-3-5-13(17)11-15(12)18/h2-3,5,11,14,19H,1,4,6-10H2. The van der Waals surface area contributed by atoms with Gasteiger partial charge in [0, 0.05) is 41.0 Å². The SMILES string of the molecule is C=CS(=O)(=O)NC1CCN(C(=O)CCc2ccc(Cl)cc2Cl)CC1. The molecule has 1 amide bonds. The summed E-state index contributed by atoms with van der Waals surface area (Å²) >= 11 is 12.0. The van der Waals surface area contributed by atoms with E-state index >= 15 is 0 Å². The Hall–Kier alpha value is -1.08. The van der Waals surface area contributed by atoms with Crippen molar-refractivity contribution in [3.8, 4) is 0 Å². The van der Waals surface area contributed by atoms with Gasteiger partial charge in [-0.05, 0) is 37.0 Å². The van der Waals surface area contributed by atoms with Crippen LogP contribution in [0.15, 0.2) is 30.2 Å². The van der Waals surface area contributed by atoms with Gasteiger partial charge in [-0.1, -0.05) is 35.8 Å². The maximum absolute atomic E-state index is 12.3. The lowest BCUT2D eigenvalue weighted by Gasteiger charge is -2.32. The largest absolute Gasteiger partial charge is 0.343 e. The first-order chi connectivity index (χ1) is 11.3. The summed E-state index contributed by atoms with van der Waals surface area (Å²) in [6.45, 7) is 4.35. The Labute approximate surface area is 152 Å². The summed E-state index contributed by atoms with van der Waals surface area (Å²) in [4.78, 5) is 14.1. The molecule has 2 rings (SSSR count). The molecule has 1 aromatic carbocycles. The Morgan fingerprint density at radius 3 is 2.58 bits per heavy atom. The van der Waals surface area contributed by atoms with E-state index in [0.29, 0.717) is 48.8 Å². The van der Waals surface area contributed by atoms with Crippen LogP contribution in [0.4, 0.5) is 0 Å². The van der Waals surface area contributed by atoms with E-state index in [9.17, 15) is 13.2 Å². The number of likely N-dealkylation sites (tertiary alicyclic amines) is 1. The van der Waals surface area contributed by atoms with E-state index in [1.165, 1.54) is 0 Å². The van der Waals surface area contributed by atoms with Crippen LogP contribution in [0.25, 0.3) is 0 Å². The van der Waals surface area contributed by atoms with Gasteiger partial charge in [-0.3, -0.25) is 4.79 Å². The van der Waals surface area contributed by atoms with Crippen molar-refractivity contribution in [1.29, 1.82) is 0 Å². The van der Waals surface area contributed by atoms with Gasteiger partial charge < -0.3 is 4.90 Å². The third kappa shape index (κ3) is 5.48. The van der Waals surface area contributed by atoms with E-state index in [-0.39, 0.29) is 11.9 Å². The number of halogens is 2. The average molecular weight is 391 g/mol. The summed E-state index contributed by atoms with van der Waals surface area (Å²) < 4.78 is 25.5. The number of nitrogens with one attached hydrogen (secondary N) is 1. The Bertz CT molecular complexity index is 714. The Balaban J connectivity index is 1.81. The fourth-order valence-corrected chi connectivity index (χ4v) is 3.95. The number of aryl methyl sites for hydroxylation is 1. The van der Waals surface area contributed by atoms with Gasteiger partial charge in [0.1, 0.15) is 0 Å². The number of benzene rings is 1. The summed E-state index contributed by atoms with van der Waals surface area (Å²) in [6.07, 6.45) is 2.11. The number of carbonyl (C=O) groups excluding carboxylic acids is 1. The molecule has 1 N–H and O–H groups in total. The van der Waals surface area contributed by atoms with Crippen LogP contribution in [0.2, 0.25) is 10.0 Å². The predicted octanol–water partition coefficient (Wildman–Crippen LogP) is 2.98. The third-order valence-corrected chi connectivity index (χ3v) is 5.71. The molecule has 1 heterocycles. The minimum Gasteiger partial charge on any atom is -0.343 e. The first-order valence-corrected chi connectivity index (χ1v) is 9.97. The lowest BCUT2D eigenvalue weighted by atomic mass is 10.0. The summed E-state index contributed by atoms with van der Waals surface area (Å²) in [6, 6.07) is 5.10. The number of hydrogen-bond donors (Lipinski definition) is 1. The zero-order valence-corrected chi connectivity index (χ0v) is 15.5. The maximum Gasteiger partial charge on any atom is 0.233 e. The van der Waals surface area contributed by atoms with E-state index in [1.807, 2.05) is 6.07 Å². The molecule has 0 aliphatic carbocycles. The van der Waals surface area contributed by atoms with E-state index in [4.69, 9.17) is 23.2 Å². The molecule has 1 aliphatic heterocycles. The monoisotopic (exact) mass is 390 g/mol. The van der Waals surface area contributed by atoms with Gasteiger partial charge in [-0.25, -0.2) is 13.1 Å². The van der Waals surface area contributed by atoms with Crippen LogP contribution in [0.3, 0.4) is 0 Å². The van der Waals surface area contributed by atoms with E-state index in [1.54, 1.807) is 17.0 Å². The molecule has 1 aliphatic rings. The molecule has 8 heteroatoms. The van der Waals surface area contributed by atoms with Crippen molar-refractivity contribution in [2.45, 2.75) is 31.7 Å². The van der Waals surface area contributed by atoms with Crippen LogP contribution in [-0.4, -0.2) is 38.4 Å². The normalized spacial score (nSPS) is 16.2. The molecule has 1 saturated heterocycles.